The Morgan fingerprint density at radius 3 is 1.75 bits per heavy atom. The predicted octanol–water partition coefficient (Wildman–Crippen LogP) is 0.707. The Labute approximate surface area is 99.6 Å². The van der Waals surface area contributed by atoms with Crippen LogP contribution < -0.4 is 0 Å². The molecular formula is C6H8ClNaO3S. The molecule has 12 heavy (non-hydrogen) atoms. The van der Waals surface area contributed by atoms with Crippen molar-refractivity contribution in [2.45, 2.75) is 4.90 Å². The summed E-state index contributed by atoms with van der Waals surface area (Å²) in [5.74, 6) is 0. The summed E-state index contributed by atoms with van der Waals surface area (Å²) in [6, 6.07) is 7.42. The zero-order chi connectivity index (χ0) is 7.61. The van der Waals surface area contributed by atoms with Gasteiger partial charge in [0.1, 0.15) is 0 Å². The fraction of sp³-hybridized carbons (Fsp3) is 0. The van der Waals surface area contributed by atoms with E-state index in [0.717, 1.165) is 0 Å². The third kappa shape index (κ3) is 4.45. The molecule has 1 rings (SSSR count). The molecule has 0 bridgehead atoms. The molecule has 0 aliphatic rings. The van der Waals surface area contributed by atoms with Crippen LogP contribution in [0.3, 0.4) is 0 Å². The Balaban J connectivity index is 0. The van der Waals surface area contributed by atoms with Crippen molar-refractivity contribution in [3.05, 3.63) is 30.3 Å². The topological polar surface area (TPSA) is 54.4 Å². The van der Waals surface area contributed by atoms with Crippen molar-refractivity contribution in [3.8, 4) is 0 Å². The Bertz CT molecular complexity index is 311. The molecule has 0 saturated heterocycles. The van der Waals surface area contributed by atoms with Crippen LogP contribution in [0.1, 0.15) is 0 Å². The fourth-order valence-electron chi connectivity index (χ4n) is 0.592. The van der Waals surface area contributed by atoms with Gasteiger partial charge in [0.25, 0.3) is 10.1 Å². The predicted molar refractivity (Wildman–Crippen MR) is 50.7 cm³/mol. The maximum atomic E-state index is 10.4. The van der Waals surface area contributed by atoms with Gasteiger partial charge in [0.15, 0.2) is 0 Å². The van der Waals surface area contributed by atoms with Crippen LogP contribution in [-0.2, 0) is 10.1 Å². The molecule has 0 aromatic heterocycles. The summed E-state index contributed by atoms with van der Waals surface area (Å²) in [6.07, 6.45) is 0. The van der Waals surface area contributed by atoms with Gasteiger partial charge in [-0.2, -0.15) is 8.42 Å². The molecule has 0 aliphatic carbocycles. The van der Waals surface area contributed by atoms with Crippen LogP contribution in [0.2, 0.25) is 0 Å². The van der Waals surface area contributed by atoms with Crippen LogP contribution in [0.5, 0.6) is 0 Å². The minimum absolute atomic E-state index is 0. The van der Waals surface area contributed by atoms with Crippen LogP contribution in [0.25, 0.3) is 0 Å². The zero-order valence-corrected chi connectivity index (χ0v) is 7.10. The number of halogens is 1. The van der Waals surface area contributed by atoms with Gasteiger partial charge in [0, 0.05) is 0 Å². The van der Waals surface area contributed by atoms with Crippen molar-refractivity contribution < 1.29 is 13.0 Å². The van der Waals surface area contributed by atoms with Crippen molar-refractivity contribution in [1.29, 1.82) is 0 Å². The van der Waals surface area contributed by atoms with Crippen molar-refractivity contribution in [3.63, 3.8) is 0 Å². The molecule has 0 unspecified atom stereocenters. The summed E-state index contributed by atoms with van der Waals surface area (Å²) in [4.78, 5) is -0.0741. The van der Waals surface area contributed by atoms with E-state index >= 15 is 0 Å². The molecule has 0 radical (unpaired) electrons. The molecule has 64 valence electrons. The van der Waals surface area contributed by atoms with E-state index in [4.69, 9.17) is 4.55 Å². The average molecular weight is 219 g/mol. The van der Waals surface area contributed by atoms with E-state index in [1.165, 1.54) is 12.1 Å². The van der Waals surface area contributed by atoms with Crippen molar-refractivity contribution >= 4 is 52.1 Å². The minimum atomic E-state index is -4.00. The molecule has 0 atom stereocenters. The zero-order valence-electron chi connectivity index (χ0n) is 5.47. The van der Waals surface area contributed by atoms with E-state index in [1.54, 1.807) is 18.2 Å². The van der Waals surface area contributed by atoms with Gasteiger partial charge in [0.05, 0.1) is 4.90 Å². The molecule has 0 spiro atoms. The van der Waals surface area contributed by atoms with Gasteiger partial charge in [-0.25, -0.2) is 0 Å². The van der Waals surface area contributed by atoms with E-state index in [9.17, 15) is 8.42 Å². The monoisotopic (exact) mass is 218 g/mol. The van der Waals surface area contributed by atoms with Gasteiger partial charge in [0.2, 0.25) is 0 Å². The van der Waals surface area contributed by atoms with Crippen molar-refractivity contribution in [2.75, 3.05) is 0 Å². The second kappa shape index (κ2) is 5.96. The molecule has 0 saturated carbocycles. The van der Waals surface area contributed by atoms with Gasteiger partial charge >= 0.3 is 29.6 Å². The average Bonchev–Trinajstić information content (AvgIpc) is 1.88. The van der Waals surface area contributed by atoms with Crippen LogP contribution >= 0.6 is 12.4 Å². The summed E-state index contributed by atoms with van der Waals surface area (Å²) in [5, 5.41) is 0. The Morgan fingerprint density at radius 2 is 1.50 bits per heavy atom. The van der Waals surface area contributed by atoms with Crippen LogP contribution in [0.4, 0.5) is 0 Å². The second-order valence-electron chi connectivity index (χ2n) is 1.79. The quantitative estimate of drug-likeness (QED) is 0.558. The number of benzene rings is 1. The number of hydrogen-bond acceptors (Lipinski definition) is 2. The van der Waals surface area contributed by atoms with Gasteiger partial charge < -0.3 is 0 Å². The molecule has 3 nitrogen and oxygen atoms in total. The van der Waals surface area contributed by atoms with Crippen LogP contribution in [0, 0.1) is 0 Å². The third-order valence-electron chi connectivity index (χ3n) is 1.04. The van der Waals surface area contributed by atoms with E-state index in [0.29, 0.717) is 0 Å². The van der Waals surface area contributed by atoms with E-state index in [-0.39, 0.29) is 46.9 Å². The van der Waals surface area contributed by atoms with Crippen molar-refractivity contribution in [1.82, 2.24) is 0 Å². The number of hydrogen-bond donors (Lipinski definition) is 1. The Hall–Kier alpha value is 0.420. The van der Waals surface area contributed by atoms with Crippen molar-refractivity contribution in [2.24, 2.45) is 0 Å². The molecule has 0 fully saturated rings. The molecule has 1 aromatic rings. The molecule has 6 heteroatoms. The molecule has 1 N–H and O–H groups in total. The molecule has 0 aliphatic heterocycles. The normalized spacial score (nSPS) is 9.42. The Morgan fingerprint density at radius 1 is 1.08 bits per heavy atom. The molecule has 1 aromatic carbocycles. The maximum absolute atomic E-state index is 10.4. The summed E-state index contributed by atoms with van der Waals surface area (Å²) in [6.45, 7) is 0. The summed E-state index contributed by atoms with van der Waals surface area (Å²) < 4.78 is 29.2. The van der Waals surface area contributed by atoms with E-state index in [2.05, 4.69) is 0 Å². The number of rotatable bonds is 1. The molecular weight excluding hydrogens is 211 g/mol. The van der Waals surface area contributed by atoms with Gasteiger partial charge in [-0.15, -0.1) is 12.4 Å². The van der Waals surface area contributed by atoms with E-state index in [1.807, 2.05) is 0 Å². The first-order valence-electron chi connectivity index (χ1n) is 2.63. The van der Waals surface area contributed by atoms with Crippen LogP contribution in [0.15, 0.2) is 35.2 Å². The van der Waals surface area contributed by atoms with Gasteiger partial charge in [-0.3, -0.25) is 4.55 Å². The first-order valence-corrected chi connectivity index (χ1v) is 4.07. The third-order valence-corrected chi connectivity index (χ3v) is 1.91. The first-order chi connectivity index (χ1) is 4.61. The van der Waals surface area contributed by atoms with E-state index < -0.39 is 10.1 Å². The van der Waals surface area contributed by atoms with Gasteiger partial charge in [-0.05, 0) is 12.1 Å². The fourth-order valence-corrected chi connectivity index (χ4v) is 1.09. The molecule has 0 heterocycles. The van der Waals surface area contributed by atoms with Gasteiger partial charge in [-0.1, -0.05) is 18.2 Å². The van der Waals surface area contributed by atoms with Crippen LogP contribution in [-0.4, -0.2) is 42.5 Å². The first kappa shape index (κ1) is 14.9. The Kier molecular flexibility index (Phi) is 7.41. The second-order valence-corrected chi connectivity index (χ2v) is 3.21. The summed E-state index contributed by atoms with van der Waals surface area (Å²) in [7, 11) is -4.00. The SMILES string of the molecule is Cl.O=S(=O)(O)c1ccccc1.[NaH]. The summed E-state index contributed by atoms with van der Waals surface area (Å²) in [5.41, 5.74) is 0. The summed E-state index contributed by atoms with van der Waals surface area (Å²) >= 11 is 0. The standard InChI is InChI=1S/C6H6O3S.ClH.Na.H/c7-10(8,9)6-4-2-1-3-5-6;;;/h1-5H,(H,7,8,9);1H;;. The molecule has 0 amide bonds.